The van der Waals surface area contributed by atoms with Crippen molar-refractivity contribution in [3.05, 3.63) is 20.2 Å². The zero-order chi connectivity index (χ0) is 12.0. The molecule has 17 heavy (non-hydrogen) atoms. The van der Waals surface area contributed by atoms with Crippen LogP contribution in [0.25, 0.3) is 0 Å². The quantitative estimate of drug-likeness (QED) is 0.277. The summed E-state index contributed by atoms with van der Waals surface area (Å²) in [7, 11) is 0. The van der Waals surface area contributed by atoms with Gasteiger partial charge in [0.05, 0.1) is 0 Å². The van der Waals surface area contributed by atoms with Crippen molar-refractivity contribution in [1.82, 2.24) is 41.2 Å². The van der Waals surface area contributed by atoms with E-state index < -0.39 is 21.7 Å². The molecule has 0 aliphatic carbocycles. The van der Waals surface area contributed by atoms with Crippen LogP contribution in [0.4, 0.5) is 11.9 Å². The van der Waals surface area contributed by atoms with Crippen molar-refractivity contribution in [1.29, 1.82) is 0 Å². The van der Waals surface area contributed by atoms with Crippen molar-refractivity contribution in [2.45, 2.75) is 0 Å². The molecule has 2 aromatic rings. The Hall–Kier alpha value is -2.12. The van der Waals surface area contributed by atoms with Gasteiger partial charge in [-0.2, -0.15) is 9.85 Å². The Morgan fingerprint density at radius 1 is 0.882 bits per heavy atom. The predicted molar refractivity (Wildman–Crippen MR) is 39.6 cm³/mol. The smallest absolute Gasteiger partial charge is 0.458 e. The molecular weight excluding hydrogens is 429 g/mol. The summed E-state index contributed by atoms with van der Waals surface area (Å²) in [4.78, 5) is 17.8. The topological polar surface area (TPSA) is 192 Å². The minimum absolute atomic E-state index is 0. The van der Waals surface area contributed by atoms with Crippen LogP contribution < -0.4 is 10.2 Å². The second-order valence-corrected chi connectivity index (χ2v) is 1.87. The van der Waals surface area contributed by atoms with Gasteiger partial charge in [-0.15, -0.1) is 0 Å². The average molecular weight is 429 g/mol. The normalized spacial score (nSPS) is 8.47. The minimum atomic E-state index is -0.764. The maximum atomic E-state index is 9.66. The monoisotopic (exact) mass is 430 g/mol. The van der Waals surface area contributed by atoms with Crippen molar-refractivity contribution >= 4 is 11.9 Å². The summed E-state index contributed by atoms with van der Waals surface area (Å²) in [5.41, 5.74) is 0. The molecule has 0 aliphatic rings. The number of aromatic nitrogens is 8. The molecule has 0 radical (unpaired) electrons. The van der Waals surface area contributed by atoms with Crippen molar-refractivity contribution in [2.75, 3.05) is 0 Å². The molecule has 0 saturated carbocycles. The van der Waals surface area contributed by atoms with Crippen LogP contribution in [0.1, 0.15) is 0 Å². The summed E-state index contributed by atoms with van der Waals surface area (Å²) in [6, 6.07) is 0. The fourth-order valence-electron chi connectivity index (χ4n) is 0.426. The van der Waals surface area contributed by atoms with E-state index in [0.717, 1.165) is 0 Å². The van der Waals surface area contributed by atoms with E-state index in [0.29, 0.717) is 0 Å². The third-order valence-corrected chi connectivity index (χ3v) is 0.943. The first-order valence-electron chi connectivity index (χ1n) is 3.27. The van der Waals surface area contributed by atoms with Crippen LogP contribution in [0, 0.1) is 20.2 Å². The van der Waals surface area contributed by atoms with Gasteiger partial charge in [-0.1, -0.05) is 20.4 Å². The Bertz CT molecular complexity index is 406. The molecule has 2 aromatic heterocycles. The van der Waals surface area contributed by atoms with Crippen molar-refractivity contribution < 1.29 is 37.5 Å². The van der Waals surface area contributed by atoms with Crippen LogP contribution in [0.5, 0.6) is 0 Å². The zero-order valence-electron chi connectivity index (χ0n) is 7.81. The van der Waals surface area contributed by atoms with Crippen LogP contribution in [0.3, 0.4) is 0 Å². The molecule has 0 N–H and O–H groups in total. The van der Waals surface area contributed by atoms with Crippen molar-refractivity contribution in [3.8, 4) is 0 Å². The molecule has 0 spiro atoms. The number of tetrazole rings is 2. The number of hydrogen-bond acceptors (Lipinski definition) is 10. The second-order valence-electron chi connectivity index (χ2n) is 1.87. The number of nitrogens with zero attached hydrogens (tertiary/aromatic N) is 10. The number of nitro groups is 2. The molecule has 0 aliphatic heterocycles. The molecule has 84 valence electrons. The van der Waals surface area contributed by atoms with E-state index in [-0.39, 0.29) is 27.7 Å². The van der Waals surface area contributed by atoms with Gasteiger partial charge in [0, 0.05) is 0 Å². The van der Waals surface area contributed by atoms with E-state index in [1.807, 2.05) is 0 Å². The van der Waals surface area contributed by atoms with Gasteiger partial charge in [-0.05, 0) is 20.9 Å². The Kier molecular flexibility index (Phi) is 6.30. The molecule has 2 rings (SSSR count). The molecule has 0 atom stereocenters. The van der Waals surface area contributed by atoms with E-state index in [2.05, 4.69) is 41.2 Å². The second kappa shape index (κ2) is 7.20. The zero-order valence-corrected chi connectivity index (χ0v) is 13.3. The van der Waals surface area contributed by atoms with E-state index >= 15 is 0 Å². The fourth-order valence-corrected chi connectivity index (χ4v) is 0.426. The third-order valence-electron chi connectivity index (χ3n) is 0.943. The van der Waals surface area contributed by atoms with Gasteiger partial charge in [0.15, 0.2) is 0 Å². The minimum Gasteiger partial charge on any atom is -0.458 e. The number of hydrogen-bond donors (Lipinski definition) is 0. The molecule has 14 nitrogen and oxygen atoms in total. The van der Waals surface area contributed by atoms with E-state index in [4.69, 9.17) is 0 Å². The summed E-state index contributed by atoms with van der Waals surface area (Å²) in [5, 5.41) is 42.7. The summed E-state index contributed by atoms with van der Waals surface area (Å²) < 4.78 is 0. The summed E-state index contributed by atoms with van der Waals surface area (Å²) >= 11 is 0. The van der Waals surface area contributed by atoms with Crippen LogP contribution in [0.2, 0.25) is 0 Å². The molecule has 15 heteroatoms. The standard InChI is InChI=1S/2CN5O2.Hg/c2*7-6(8)1-2-4-5-3-1;/q2*-1;+2. The van der Waals surface area contributed by atoms with E-state index in [1.165, 1.54) is 0 Å². The maximum Gasteiger partial charge on any atom is 2.00 e. The largest absolute Gasteiger partial charge is 2.00 e. The van der Waals surface area contributed by atoms with Crippen LogP contribution in [-0.2, 0) is 27.7 Å². The first-order valence-corrected chi connectivity index (χ1v) is 3.27. The summed E-state index contributed by atoms with van der Waals surface area (Å²) in [6.45, 7) is 0. The fraction of sp³-hybridized carbons (Fsp3) is 0. The molecule has 2 heterocycles. The van der Waals surface area contributed by atoms with Gasteiger partial charge >= 0.3 is 27.7 Å². The molecular formula is C2HgN10O4. The van der Waals surface area contributed by atoms with E-state index in [1.54, 1.807) is 0 Å². The van der Waals surface area contributed by atoms with Gasteiger partial charge < -0.3 is 20.2 Å². The van der Waals surface area contributed by atoms with Gasteiger partial charge in [0.25, 0.3) is 11.9 Å². The molecule has 0 fully saturated rings. The van der Waals surface area contributed by atoms with Gasteiger partial charge in [0.2, 0.25) is 0 Å². The Morgan fingerprint density at radius 2 is 1.24 bits per heavy atom. The Morgan fingerprint density at radius 3 is 1.35 bits per heavy atom. The summed E-state index contributed by atoms with van der Waals surface area (Å²) in [5.74, 6) is -1.13. The van der Waals surface area contributed by atoms with E-state index in [9.17, 15) is 20.2 Å². The first-order chi connectivity index (χ1) is 7.61. The number of rotatable bonds is 2. The van der Waals surface area contributed by atoms with Gasteiger partial charge in [0.1, 0.15) is 0 Å². The molecule has 0 bridgehead atoms. The van der Waals surface area contributed by atoms with Gasteiger partial charge in [-0.3, -0.25) is 0 Å². The Balaban J connectivity index is 0.000000284. The average Bonchev–Trinajstić information content (AvgIpc) is 2.93. The van der Waals surface area contributed by atoms with Gasteiger partial charge in [-0.25, -0.2) is 0 Å². The van der Waals surface area contributed by atoms with Crippen molar-refractivity contribution in [3.63, 3.8) is 0 Å². The predicted octanol–water partition coefficient (Wildman–Crippen LogP) is -2.53. The third kappa shape index (κ3) is 4.95. The van der Waals surface area contributed by atoms with Crippen LogP contribution in [-0.4, -0.2) is 40.9 Å². The SMILES string of the molecule is O=[N+]([O-])c1nnn[n-]1.O=[N+]([O-])c1nnn[n-]1.[Hg+2]. The maximum absolute atomic E-state index is 9.66. The Labute approximate surface area is 111 Å². The summed E-state index contributed by atoms with van der Waals surface area (Å²) in [6.07, 6.45) is 0. The first kappa shape index (κ1) is 14.9. The molecule has 0 amide bonds. The van der Waals surface area contributed by atoms with Crippen LogP contribution in [0.15, 0.2) is 0 Å². The van der Waals surface area contributed by atoms with Crippen molar-refractivity contribution in [2.24, 2.45) is 0 Å². The molecule has 0 saturated heterocycles. The van der Waals surface area contributed by atoms with Crippen LogP contribution >= 0.6 is 0 Å². The molecule has 0 unspecified atom stereocenters. The molecule has 0 aromatic carbocycles.